The molecule has 0 aliphatic rings. The van der Waals surface area contributed by atoms with E-state index >= 15 is 0 Å². The zero-order valence-corrected chi connectivity index (χ0v) is 12.4. The smallest absolute Gasteiger partial charge is 0.223 e. The van der Waals surface area contributed by atoms with Gasteiger partial charge in [0.15, 0.2) is 0 Å². The predicted octanol–water partition coefficient (Wildman–Crippen LogP) is 3.84. The third-order valence-electron chi connectivity index (χ3n) is 3.04. The standard InChI is InChI=1S/C14H11Cl2N3O/c1-8(20)19(2)13-4-3-9(5-12(13)15)11-7-18-14(16)10(11)6-17/h3-5,7,18H,1-2H3. The molecule has 4 nitrogen and oxygen atoms in total. The molecule has 0 atom stereocenters. The maximum Gasteiger partial charge on any atom is 0.223 e. The average Bonchev–Trinajstić information content (AvgIpc) is 2.78. The summed E-state index contributed by atoms with van der Waals surface area (Å²) in [6, 6.07) is 7.28. The van der Waals surface area contributed by atoms with E-state index in [2.05, 4.69) is 4.98 Å². The van der Waals surface area contributed by atoms with Crippen molar-refractivity contribution >= 4 is 34.8 Å². The lowest BCUT2D eigenvalue weighted by atomic mass is 10.0. The quantitative estimate of drug-likeness (QED) is 0.916. The van der Waals surface area contributed by atoms with E-state index in [9.17, 15) is 4.79 Å². The molecular formula is C14H11Cl2N3O. The summed E-state index contributed by atoms with van der Waals surface area (Å²) in [5, 5.41) is 9.82. The number of halogens is 2. The van der Waals surface area contributed by atoms with E-state index in [0.29, 0.717) is 27.0 Å². The van der Waals surface area contributed by atoms with Gasteiger partial charge < -0.3 is 9.88 Å². The zero-order chi connectivity index (χ0) is 14.9. The summed E-state index contributed by atoms with van der Waals surface area (Å²) in [5.41, 5.74) is 2.42. The van der Waals surface area contributed by atoms with Crippen molar-refractivity contribution in [2.75, 3.05) is 11.9 Å². The summed E-state index contributed by atoms with van der Waals surface area (Å²) in [4.78, 5) is 15.6. The highest BCUT2D eigenvalue weighted by atomic mass is 35.5. The number of hydrogen-bond acceptors (Lipinski definition) is 2. The number of aromatic amines is 1. The number of nitriles is 1. The fourth-order valence-electron chi connectivity index (χ4n) is 1.85. The van der Waals surface area contributed by atoms with Gasteiger partial charge in [0.2, 0.25) is 5.91 Å². The van der Waals surface area contributed by atoms with E-state index in [1.165, 1.54) is 11.8 Å². The molecule has 1 N–H and O–H groups in total. The van der Waals surface area contributed by atoms with Crippen LogP contribution in [0.5, 0.6) is 0 Å². The van der Waals surface area contributed by atoms with Gasteiger partial charge in [0, 0.05) is 25.7 Å². The monoisotopic (exact) mass is 307 g/mol. The van der Waals surface area contributed by atoms with Gasteiger partial charge in [-0.15, -0.1) is 0 Å². The van der Waals surface area contributed by atoms with Crippen molar-refractivity contribution < 1.29 is 4.79 Å². The normalized spacial score (nSPS) is 10.2. The van der Waals surface area contributed by atoms with Crippen LogP contribution in [0.15, 0.2) is 24.4 Å². The Bertz CT molecular complexity index is 716. The van der Waals surface area contributed by atoms with Crippen molar-refractivity contribution in [3.8, 4) is 17.2 Å². The molecule has 0 saturated heterocycles. The number of H-pyrrole nitrogens is 1. The summed E-state index contributed by atoms with van der Waals surface area (Å²) in [6.07, 6.45) is 1.65. The lowest BCUT2D eigenvalue weighted by Gasteiger charge is -2.17. The van der Waals surface area contributed by atoms with Crippen molar-refractivity contribution in [2.24, 2.45) is 0 Å². The largest absolute Gasteiger partial charge is 0.351 e. The van der Waals surface area contributed by atoms with Crippen LogP contribution in [0, 0.1) is 11.3 Å². The predicted molar refractivity (Wildman–Crippen MR) is 80.0 cm³/mol. The SMILES string of the molecule is CC(=O)N(C)c1ccc(-c2c[nH]c(Cl)c2C#N)cc1Cl. The van der Waals surface area contributed by atoms with Crippen molar-refractivity contribution in [1.82, 2.24) is 4.98 Å². The minimum Gasteiger partial charge on any atom is -0.351 e. The Labute approximate surface area is 126 Å². The second-order valence-corrected chi connectivity index (χ2v) is 5.03. The molecule has 0 bridgehead atoms. The Balaban J connectivity index is 2.49. The molecule has 0 spiro atoms. The third kappa shape index (κ3) is 2.51. The van der Waals surface area contributed by atoms with Gasteiger partial charge in [0.25, 0.3) is 0 Å². The molecule has 6 heteroatoms. The fraction of sp³-hybridized carbons (Fsp3) is 0.143. The molecule has 0 fully saturated rings. The molecule has 2 aromatic rings. The number of benzene rings is 1. The van der Waals surface area contributed by atoms with E-state index < -0.39 is 0 Å². The fourth-order valence-corrected chi connectivity index (χ4v) is 2.36. The number of amides is 1. The summed E-state index contributed by atoms with van der Waals surface area (Å²) >= 11 is 12.1. The first-order valence-corrected chi connectivity index (χ1v) is 6.52. The first kappa shape index (κ1) is 14.4. The van der Waals surface area contributed by atoms with Crippen LogP contribution < -0.4 is 4.90 Å². The third-order valence-corrected chi connectivity index (χ3v) is 3.64. The number of aromatic nitrogens is 1. The highest BCUT2D eigenvalue weighted by molar-refractivity contribution is 6.34. The van der Waals surface area contributed by atoms with Crippen LogP contribution in [-0.2, 0) is 4.79 Å². The van der Waals surface area contributed by atoms with E-state index in [4.69, 9.17) is 28.5 Å². The molecule has 102 valence electrons. The maximum atomic E-state index is 11.4. The number of nitrogens with zero attached hydrogens (tertiary/aromatic N) is 2. The van der Waals surface area contributed by atoms with E-state index in [1.807, 2.05) is 6.07 Å². The molecule has 2 rings (SSSR count). The number of carbonyl (C=O) groups is 1. The van der Waals surface area contributed by atoms with E-state index in [0.717, 1.165) is 5.56 Å². The van der Waals surface area contributed by atoms with Crippen LogP contribution >= 0.6 is 23.2 Å². The Morgan fingerprint density at radius 3 is 2.65 bits per heavy atom. The van der Waals surface area contributed by atoms with Gasteiger partial charge in [-0.05, 0) is 17.7 Å². The van der Waals surface area contributed by atoms with Gasteiger partial charge >= 0.3 is 0 Å². The van der Waals surface area contributed by atoms with Crippen molar-refractivity contribution in [3.05, 3.63) is 40.1 Å². The Morgan fingerprint density at radius 2 is 2.10 bits per heavy atom. The van der Waals surface area contributed by atoms with Crippen molar-refractivity contribution in [1.29, 1.82) is 5.26 Å². The average molecular weight is 308 g/mol. The highest BCUT2D eigenvalue weighted by Crippen LogP contribution is 2.34. The molecule has 0 saturated carbocycles. The van der Waals surface area contributed by atoms with Crippen LogP contribution in [0.1, 0.15) is 12.5 Å². The summed E-state index contributed by atoms with van der Waals surface area (Å²) in [5.74, 6) is -0.109. The topological polar surface area (TPSA) is 59.9 Å². The Hall–Kier alpha value is -1.96. The van der Waals surface area contributed by atoms with Gasteiger partial charge in [-0.2, -0.15) is 5.26 Å². The number of carbonyl (C=O) groups excluding carboxylic acids is 1. The molecule has 1 aromatic carbocycles. The van der Waals surface area contributed by atoms with Gasteiger partial charge in [0.1, 0.15) is 11.2 Å². The minimum absolute atomic E-state index is 0.109. The van der Waals surface area contributed by atoms with Gasteiger partial charge in [-0.3, -0.25) is 4.79 Å². The Kier molecular flexibility index (Phi) is 4.03. The summed E-state index contributed by atoms with van der Waals surface area (Å²) in [6.45, 7) is 1.46. The molecular weight excluding hydrogens is 297 g/mol. The maximum absolute atomic E-state index is 11.4. The number of hydrogen-bond donors (Lipinski definition) is 1. The van der Waals surface area contributed by atoms with Crippen molar-refractivity contribution in [2.45, 2.75) is 6.92 Å². The van der Waals surface area contributed by atoms with E-state index in [1.54, 1.807) is 31.4 Å². The van der Waals surface area contributed by atoms with Crippen LogP contribution in [0.3, 0.4) is 0 Å². The van der Waals surface area contributed by atoms with Crippen LogP contribution in [-0.4, -0.2) is 17.9 Å². The molecule has 0 aliphatic heterocycles. The van der Waals surface area contributed by atoms with Crippen LogP contribution in [0.4, 0.5) is 5.69 Å². The zero-order valence-electron chi connectivity index (χ0n) is 10.9. The molecule has 0 aliphatic carbocycles. The highest BCUT2D eigenvalue weighted by Gasteiger charge is 2.14. The van der Waals surface area contributed by atoms with Crippen molar-refractivity contribution in [3.63, 3.8) is 0 Å². The lowest BCUT2D eigenvalue weighted by molar-refractivity contribution is -0.116. The molecule has 0 unspecified atom stereocenters. The minimum atomic E-state index is -0.109. The van der Waals surface area contributed by atoms with Crippen LogP contribution in [0.25, 0.3) is 11.1 Å². The summed E-state index contributed by atoms with van der Waals surface area (Å²) in [7, 11) is 1.65. The van der Waals surface area contributed by atoms with E-state index in [-0.39, 0.29) is 5.91 Å². The van der Waals surface area contributed by atoms with Crippen LogP contribution in [0.2, 0.25) is 10.2 Å². The number of anilines is 1. The van der Waals surface area contributed by atoms with Gasteiger partial charge in [0.05, 0.1) is 16.3 Å². The second-order valence-electron chi connectivity index (χ2n) is 4.25. The molecule has 1 heterocycles. The molecule has 1 aromatic heterocycles. The molecule has 0 radical (unpaired) electrons. The molecule has 1 amide bonds. The first-order chi connectivity index (χ1) is 9.45. The summed E-state index contributed by atoms with van der Waals surface area (Å²) < 4.78 is 0. The second kappa shape index (κ2) is 5.58. The lowest BCUT2D eigenvalue weighted by Crippen LogP contribution is -2.23. The first-order valence-electron chi connectivity index (χ1n) is 5.77. The number of nitrogens with one attached hydrogen (secondary N) is 1. The Morgan fingerprint density at radius 1 is 1.40 bits per heavy atom. The molecule has 20 heavy (non-hydrogen) atoms. The van der Waals surface area contributed by atoms with Gasteiger partial charge in [-0.25, -0.2) is 0 Å². The number of rotatable bonds is 2. The van der Waals surface area contributed by atoms with Gasteiger partial charge in [-0.1, -0.05) is 29.3 Å².